The molecule has 2 aromatic rings. The van der Waals surface area contributed by atoms with Gasteiger partial charge in [-0.25, -0.2) is 0 Å². The fraction of sp³-hybridized carbons (Fsp3) is 0.471. The molecule has 4 heteroatoms. The number of hydrogen-bond donors (Lipinski definition) is 1. The molecule has 0 saturated heterocycles. The third-order valence-electron chi connectivity index (χ3n) is 3.99. The van der Waals surface area contributed by atoms with E-state index in [-0.39, 0.29) is 0 Å². The van der Waals surface area contributed by atoms with Crippen molar-refractivity contribution in [3.05, 3.63) is 47.8 Å². The number of fused-ring (bicyclic) bond motifs is 1. The molecule has 112 valence electrons. The second kappa shape index (κ2) is 6.31. The van der Waals surface area contributed by atoms with Crippen LogP contribution in [0.2, 0.25) is 0 Å². The number of aromatic nitrogens is 2. The van der Waals surface area contributed by atoms with Crippen molar-refractivity contribution < 1.29 is 4.74 Å². The Balaban J connectivity index is 1.59. The van der Waals surface area contributed by atoms with Gasteiger partial charge in [0, 0.05) is 24.8 Å². The van der Waals surface area contributed by atoms with E-state index < -0.39 is 0 Å². The van der Waals surface area contributed by atoms with Crippen LogP contribution in [0.1, 0.15) is 37.6 Å². The highest BCUT2D eigenvalue weighted by Gasteiger charge is 2.17. The van der Waals surface area contributed by atoms with Gasteiger partial charge in [0.2, 0.25) is 0 Å². The van der Waals surface area contributed by atoms with E-state index in [1.165, 1.54) is 11.3 Å². The number of aryl methyl sites for hydroxylation is 1. The highest BCUT2D eigenvalue weighted by atomic mass is 16.5. The van der Waals surface area contributed by atoms with Crippen molar-refractivity contribution in [3.8, 4) is 5.75 Å². The first kappa shape index (κ1) is 14.1. The van der Waals surface area contributed by atoms with Gasteiger partial charge in [0.1, 0.15) is 12.4 Å². The third-order valence-corrected chi connectivity index (χ3v) is 3.99. The number of hydrogen-bond acceptors (Lipinski definition) is 3. The van der Waals surface area contributed by atoms with Crippen molar-refractivity contribution in [1.82, 2.24) is 15.1 Å². The van der Waals surface area contributed by atoms with Crippen molar-refractivity contribution >= 4 is 0 Å². The lowest BCUT2D eigenvalue weighted by Gasteiger charge is -2.17. The van der Waals surface area contributed by atoms with Crippen LogP contribution in [0, 0.1) is 0 Å². The Hall–Kier alpha value is -1.81. The number of rotatable bonds is 4. The van der Waals surface area contributed by atoms with Gasteiger partial charge in [0.15, 0.2) is 0 Å². The molecule has 21 heavy (non-hydrogen) atoms. The van der Waals surface area contributed by atoms with Crippen LogP contribution in [0.5, 0.6) is 5.75 Å². The van der Waals surface area contributed by atoms with E-state index in [0.717, 1.165) is 31.7 Å². The topological polar surface area (TPSA) is 39.1 Å². The molecule has 0 unspecified atom stereocenters. The van der Waals surface area contributed by atoms with Crippen LogP contribution in [0.4, 0.5) is 0 Å². The highest BCUT2D eigenvalue weighted by molar-refractivity contribution is 5.34. The molecule has 2 heterocycles. The Labute approximate surface area is 126 Å². The zero-order chi connectivity index (χ0) is 14.7. The molecule has 1 aromatic carbocycles. The van der Waals surface area contributed by atoms with Crippen LogP contribution in [-0.2, 0) is 13.0 Å². The van der Waals surface area contributed by atoms with Gasteiger partial charge < -0.3 is 10.1 Å². The molecule has 0 radical (unpaired) electrons. The summed E-state index contributed by atoms with van der Waals surface area (Å²) < 4.78 is 7.99. The summed E-state index contributed by atoms with van der Waals surface area (Å²) in [4.78, 5) is 0. The van der Waals surface area contributed by atoms with Crippen LogP contribution in [-0.4, -0.2) is 22.4 Å². The first-order chi connectivity index (χ1) is 10.2. The molecule has 1 aliphatic rings. The van der Waals surface area contributed by atoms with Crippen LogP contribution < -0.4 is 10.1 Å². The summed E-state index contributed by atoms with van der Waals surface area (Å²) >= 11 is 0. The summed E-state index contributed by atoms with van der Waals surface area (Å²) in [5.41, 5.74) is 2.54. The smallest absolute Gasteiger partial charge is 0.122 e. The Kier molecular flexibility index (Phi) is 4.25. The van der Waals surface area contributed by atoms with Gasteiger partial charge in [-0.15, -0.1) is 0 Å². The number of nitrogens with one attached hydrogen (secondary N) is 1. The summed E-state index contributed by atoms with van der Waals surface area (Å²) in [6, 6.07) is 11.2. The lowest BCUT2D eigenvalue weighted by molar-refractivity contribution is 0.265. The molecule has 0 spiro atoms. The molecule has 4 nitrogen and oxygen atoms in total. The van der Waals surface area contributed by atoms with Gasteiger partial charge in [-0.2, -0.15) is 5.10 Å². The number of benzene rings is 1. The van der Waals surface area contributed by atoms with Gasteiger partial charge >= 0.3 is 0 Å². The zero-order valence-corrected chi connectivity index (χ0v) is 12.7. The lowest BCUT2D eigenvalue weighted by Crippen LogP contribution is -2.34. The minimum absolute atomic E-state index is 0.382. The van der Waals surface area contributed by atoms with Crippen LogP contribution >= 0.6 is 0 Å². The second-order valence-corrected chi connectivity index (χ2v) is 5.90. The first-order valence-electron chi connectivity index (χ1n) is 7.70. The molecule has 1 aromatic heterocycles. The van der Waals surface area contributed by atoms with Crippen molar-refractivity contribution in [2.24, 2.45) is 0 Å². The van der Waals surface area contributed by atoms with E-state index >= 15 is 0 Å². The number of nitrogens with zero attached hydrogens (tertiary/aromatic N) is 2. The molecule has 0 amide bonds. The lowest BCUT2D eigenvalue weighted by atomic mass is 10.1. The molecule has 3 rings (SSSR count). The maximum atomic E-state index is 5.92. The van der Waals surface area contributed by atoms with Gasteiger partial charge in [0.25, 0.3) is 0 Å². The highest BCUT2D eigenvalue weighted by Crippen LogP contribution is 2.23. The van der Waals surface area contributed by atoms with Crippen LogP contribution in [0.3, 0.4) is 0 Å². The van der Waals surface area contributed by atoms with E-state index in [1.54, 1.807) is 0 Å². The molecular weight excluding hydrogens is 262 g/mol. The standard InChI is InChI=1S/C17H23N3O/c1-13(2)20-16(9-10-19-20)11-18-15-8-7-14-5-3-4-6-17(14)21-12-15/h3-6,9-10,13,15,18H,7-8,11-12H2,1-2H3/t15-/m0/s1. The number of ether oxygens (including phenoxy) is 1. The van der Waals surface area contributed by atoms with Crippen molar-refractivity contribution in [2.45, 2.75) is 45.3 Å². The summed E-state index contributed by atoms with van der Waals surface area (Å²) in [7, 11) is 0. The predicted octanol–water partition coefficient (Wildman–Crippen LogP) is 2.95. The van der Waals surface area contributed by atoms with E-state index in [2.05, 4.69) is 53.2 Å². The SMILES string of the molecule is CC(C)n1nccc1CN[C@H]1CCc2ccccc2OC1. The number of para-hydroxylation sites is 1. The third kappa shape index (κ3) is 3.27. The maximum absolute atomic E-state index is 5.92. The molecule has 0 saturated carbocycles. The zero-order valence-electron chi connectivity index (χ0n) is 12.7. The largest absolute Gasteiger partial charge is 0.492 e. The van der Waals surface area contributed by atoms with Crippen molar-refractivity contribution in [2.75, 3.05) is 6.61 Å². The van der Waals surface area contributed by atoms with E-state index in [4.69, 9.17) is 4.74 Å². The van der Waals surface area contributed by atoms with Crippen molar-refractivity contribution in [1.29, 1.82) is 0 Å². The summed E-state index contributed by atoms with van der Waals surface area (Å²) in [6.07, 6.45) is 4.04. The molecular formula is C17H23N3O. The van der Waals surface area contributed by atoms with Gasteiger partial charge in [-0.05, 0) is 44.4 Å². The Morgan fingerprint density at radius 1 is 1.33 bits per heavy atom. The minimum atomic E-state index is 0.382. The van der Waals surface area contributed by atoms with Gasteiger partial charge in [-0.1, -0.05) is 18.2 Å². The van der Waals surface area contributed by atoms with Gasteiger partial charge in [-0.3, -0.25) is 4.68 Å². The normalized spacial score (nSPS) is 18.1. The Morgan fingerprint density at radius 2 is 2.19 bits per heavy atom. The maximum Gasteiger partial charge on any atom is 0.122 e. The second-order valence-electron chi connectivity index (χ2n) is 5.90. The molecule has 0 bridgehead atoms. The fourth-order valence-corrected chi connectivity index (χ4v) is 2.81. The van der Waals surface area contributed by atoms with E-state index in [9.17, 15) is 0 Å². The molecule has 0 fully saturated rings. The molecule has 1 atom stereocenters. The molecule has 0 aliphatic carbocycles. The predicted molar refractivity (Wildman–Crippen MR) is 83.5 cm³/mol. The summed E-state index contributed by atoms with van der Waals surface area (Å²) in [5, 5.41) is 7.98. The Morgan fingerprint density at radius 3 is 3.05 bits per heavy atom. The molecule has 1 aliphatic heterocycles. The van der Waals surface area contributed by atoms with E-state index in [1.807, 2.05) is 12.3 Å². The fourth-order valence-electron chi connectivity index (χ4n) is 2.81. The van der Waals surface area contributed by atoms with E-state index in [0.29, 0.717) is 12.1 Å². The molecule has 1 N–H and O–H groups in total. The average Bonchev–Trinajstić information content (AvgIpc) is 2.86. The minimum Gasteiger partial charge on any atom is -0.492 e. The Bertz CT molecular complexity index is 564. The summed E-state index contributed by atoms with van der Waals surface area (Å²) in [5.74, 6) is 1.04. The summed E-state index contributed by atoms with van der Waals surface area (Å²) in [6.45, 7) is 5.87. The van der Waals surface area contributed by atoms with Gasteiger partial charge in [0.05, 0.1) is 5.69 Å². The monoisotopic (exact) mass is 285 g/mol. The van der Waals surface area contributed by atoms with Crippen molar-refractivity contribution in [3.63, 3.8) is 0 Å². The average molecular weight is 285 g/mol. The first-order valence-corrected chi connectivity index (χ1v) is 7.70. The van der Waals surface area contributed by atoms with Crippen LogP contribution in [0.25, 0.3) is 0 Å². The van der Waals surface area contributed by atoms with Crippen LogP contribution in [0.15, 0.2) is 36.5 Å². The quantitative estimate of drug-likeness (QED) is 0.938.